The van der Waals surface area contributed by atoms with E-state index in [9.17, 15) is 0 Å². The van der Waals surface area contributed by atoms with Gasteiger partial charge in [0.15, 0.2) is 11.3 Å². The van der Waals surface area contributed by atoms with Crippen LogP contribution in [0.2, 0.25) is 0 Å². The Kier molecular flexibility index (Phi) is 9.08. The number of fused-ring (bicyclic) bond motifs is 4. The maximum atomic E-state index is 4.94. The van der Waals surface area contributed by atoms with Gasteiger partial charge in [-0.25, -0.2) is 19.5 Å². The van der Waals surface area contributed by atoms with E-state index >= 15 is 0 Å². The molecule has 0 radical (unpaired) electrons. The molecule has 10 rings (SSSR count). The second-order valence-electron chi connectivity index (χ2n) is 15.0. The molecule has 0 saturated carbocycles. The Morgan fingerprint density at radius 3 is 1.70 bits per heavy atom. The minimum absolute atomic E-state index is 0.575. The molecule has 272 valence electrons. The number of aryl methyl sites for hydroxylation is 4. The molecule has 2 fully saturated rings. The lowest BCUT2D eigenvalue weighted by Crippen LogP contribution is -2.27. The second-order valence-corrected chi connectivity index (χ2v) is 15.0. The first-order valence-corrected chi connectivity index (χ1v) is 19.2. The second kappa shape index (κ2) is 14.3. The monoisotopic (exact) mass is 714 g/mol. The summed E-state index contributed by atoms with van der Waals surface area (Å²) in [5, 5.41) is 13.9. The van der Waals surface area contributed by atoms with Crippen LogP contribution < -0.4 is 10.6 Å². The number of piperidine rings is 2. The molecule has 2 N–H and O–H groups in total. The smallest absolute Gasteiger partial charge is 0.158 e. The summed E-state index contributed by atoms with van der Waals surface area (Å²) in [6, 6.07) is 23.8. The third kappa shape index (κ3) is 6.83. The average molecular weight is 715 g/mol. The number of imidazole rings is 2. The summed E-state index contributed by atoms with van der Waals surface area (Å²) < 4.78 is 3.94. The molecule has 2 aliphatic rings. The van der Waals surface area contributed by atoms with E-state index in [4.69, 9.17) is 20.1 Å². The van der Waals surface area contributed by atoms with Crippen molar-refractivity contribution in [3.63, 3.8) is 0 Å². The standard InChI is InChI=1S/2C22H23N5/c1-14-12-27-13-21(25-15(2)22(27)24-14)18-4-6-20-17(11-18)3-5-19(26-20)16-7-9-23-10-8-16;1-14-11-21(26-27-13-15(2)24-22(14)27)18-4-6-20-17(12-18)3-5-19(25-20)16-7-9-23-10-8-16/h2*3-6,11-13,16,23H,7-10H2,1-2H3. The van der Waals surface area contributed by atoms with Crippen molar-refractivity contribution < 1.29 is 0 Å². The fraction of sp³-hybridized carbons (Fsp3) is 0.318. The number of nitrogens with one attached hydrogen (secondary N) is 2. The van der Waals surface area contributed by atoms with E-state index in [1.165, 1.54) is 37.1 Å². The Morgan fingerprint density at radius 2 is 1.09 bits per heavy atom. The van der Waals surface area contributed by atoms with Crippen LogP contribution in [0.3, 0.4) is 0 Å². The van der Waals surface area contributed by atoms with Gasteiger partial charge in [-0.3, -0.25) is 9.97 Å². The summed E-state index contributed by atoms with van der Waals surface area (Å²) in [7, 11) is 0. The van der Waals surface area contributed by atoms with Crippen molar-refractivity contribution in [1.82, 2.24) is 49.6 Å². The van der Waals surface area contributed by atoms with Crippen LogP contribution in [0.1, 0.15) is 71.6 Å². The summed E-state index contributed by atoms with van der Waals surface area (Å²) >= 11 is 0. The molecule has 0 unspecified atom stereocenters. The van der Waals surface area contributed by atoms with Gasteiger partial charge in [0.1, 0.15) is 0 Å². The molecule has 0 bridgehead atoms. The van der Waals surface area contributed by atoms with Crippen LogP contribution >= 0.6 is 0 Å². The van der Waals surface area contributed by atoms with Crippen LogP contribution in [-0.2, 0) is 0 Å². The molecule has 0 aliphatic carbocycles. The van der Waals surface area contributed by atoms with Gasteiger partial charge in [-0.15, -0.1) is 0 Å². The van der Waals surface area contributed by atoms with Crippen molar-refractivity contribution in [3.8, 4) is 22.5 Å². The van der Waals surface area contributed by atoms with Gasteiger partial charge in [0.25, 0.3) is 0 Å². The summed E-state index contributed by atoms with van der Waals surface area (Å²) in [5.74, 6) is 1.15. The Morgan fingerprint density at radius 1 is 0.537 bits per heavy atom. The highest BCUT2D eigenvalue weighted by atomic mass is 15.2. The molecule has 8 heterocycles. The predicted molar refractivity (Wildman–Crippen MR) is 216 cm³/mol. The molecule has 8 aromatic rings. The summed E-state index contributed by atoms with van der Waals surface area (Å²) in [4.78, 5) is 23.7. The molecular formula is C44H46N10. The zero-order valence-corrected chi connectivity index (χ0v) is 31.5. The number of benzene rings is 2. The van der Waals surface area contributed by atoms with Crippen LogP contribution in [0, 0.1) is 27.7 Å². The lowest BCUT2D eigenvalue weighted by molar-refractivity contribution is 0.454. The first-order chi connectivity index (χ1) is 26.3. The maximum Gasteiger partial charge on any atom is 0.158 e. The Labute approximate surface area is 315 Å². The topological polar surface area (TPSA) is 110 Å². The zero-order valence-electron chi connectivity index (χ0n) is 31.5. The van der Waals surface area contributed by atoms with Crippen LogP contribution in [0.25, 0.3) is 55.6 Å². The maximum absolute atomic E-state index is 4.94. The normalized spacial score (nSPS) is 15.6. The highest BCUT2D eigenvalue weighted by molar-refractivity contribution is 5.85. The molecule has 10 nitrogen and oxygen atoms in total. The first-order valence-electron chi connectivity index (χ1n) is 19.2. The van der Waals surface area contributed by atoms with Gasteiger partial charge in [-0.2, -0.15) is 5.10 Å². The SMILES string of the molecule is Cc1cn2cc(-c3ccc4nc(C5CCNCC5)ccc4c3)nc(C)c2n1.Cc1cn2nc(-c3ccc4nc(C5CCNCC5)ccc4c3)cc(C)c2n1. The molecule has 0 atom stereocenters. The lowest BCUT2D eigenvalue weighted by atomic mass is 9.93. The summed E-state index contributed by atoms with van der Waals surface area (Å²) in [6.07, 6.45) is 10.8. The van der Waals surface area contributed by atoms with E-state index in [1.807, 2.05) is 37.7 Å². The number of rotatable bonds is 4. The Bertz CT molecular complexity index is 2460. The molecule has 2 aromatic carbocycles. The Hall–Kier alpha value is -5.58. The van der Waals surface area contributed by atoms with Crippen molar-refractivity contribution in [2.75, 3.05) is 26.2 Å². The van der Waals surface area contributed by atoms with E-state index in [-0.39, 0.29) is 0 Å². The predicted octanol–water partition coefficient (Wildman–Crippen LogP) is 8.06. The fourth-order valence-corrected chi connectivity index (χ4v) is 8.09. The van der Waals surface area contributed by atoms with E-state index < -0.39 is 0 Å². The van der Waals surface area contributed by atoms with E-state index in [0.717, 1.165) is 104 Å². The van der Waals surface area contributed by atoms with Crippen molar-refractivity contribution in [2.45, 2.75) is 65.2 Å². The van der Waals surface area contributed by atoms with Gasteiger partial charge in [-0.05, 0) is 128 Å². The first kappa shape index (κ1) is 34.2. The number of aromatic nitrogens is 8. The molecule has 0 amide bonds. The fourth-order valence-electron chi connectivity index (χ4n) is 8.09. The van der Waals surface area contributed by atoms with Gasteiger partial charge >= 0.3 is 0 Å². The third-order valence-corrected chi connectivity index (χ3v) is 11.0. The molecule has 2 aliphatic heterocycles. The Balaban J connectivity index is 0.000000142. The molecule has 2 saturated heterocycles. The van der Waals surface area contributed by atoms with Gasteiger partial charge in [-0.1, -0.05) is 24.3 Å². The molecule has 6 aromatic heterocycles. The lowest BCUT2D eigenvalue weighted by Gasteiger charge is -2.22. The molecule has 10 heteroatoms. The number of hydrogen-bond donors (Lipinski definition) is 2. The van der Waals surface area contributed by atoms with Gasteiger partial charge in [0.05, 0.1) is 45.7 Å². The van der Waals surface area contributed by atoms with Gasteiger partial charge in [0.2, 0.25) is 0 Å². The highest BCUT2D eigenvalue weighted by Crippen LogP contribution is 2.30. The van der Waals surface area contributed by atoms with Gasteiger partial charge in [0, 0.05) is 57.5 Å². The average Bonchev–Trinajstić information content (AvgIpc) is 3.79. The number of hydrogen-bond acceptors (Lipinski definition) is 8. The van der Waals surface area contributed by atoms with Crippen LogP contribution in [-0.4, -0.2) is 65.1 Å². The third-order valence-electron chi connectivity index (χ3n) is 11.0. The summed E-state index contributed by atoms with van der Waals surface area (Å²) in [6.45, 7) is 12.5. The van der Waals surface area contributed by atoms with E-state index in [2.05, 4.69) is 105 Å². The molecule has 54 heavy (non-hydrogen) atoms. The molecular weight excluding hydrogens is 669 g/mol. The van der Waals surface area contributed by atoms with Gasteiger partial charge < -0.3 is 15.0 Å². The van der Waals surface area contributed by atoms with Crippen molar-refractivity contribution in [3.05, 3.63) is 119 Å². The quantitative estimate of drug-likeness (QED) is 0.189. The minimum Gasteiger partial charge on any atom is -0.317 e. The zero-order chi connectivity index (χ0) is 36.8. The van der Waals surface area contributed by atoms with E-state index in [1.54, 1.807) is 0 Å². The van der Waals surface area contributed by atoms with Crippen LogP contribution in [0.15, 0.2) is 85.3 Å². The van der Waals surface area contributed by atoms with Crippen LogP contribution in [0.4, 0.5) is 0 Å². The summed E-state index contributed by atoms with van der Waals surface area (Å²) in [5.41, 5.74) is 14.6. The minimum atomic E-state index is 0.575. The van der Waals surface area contributed by atoms with Crippen molar-refractivity contribution >= 4 is 33.1 Å². The van der Waals surface area contributed by atoms with Crippen LogP contribution in [0.5, 0.6) is 0 Å². The highest BCUT2D eigenvalue weighted by Gasteiger charge is 2.18. The van der Waals surface area contributed by atoms with Crippen molar-refractivity contribution in [2.24, 2.45) is 0 Å². The number of pyridine rings is 2. The van der Waals surface area contributed by atoms with E-state index in [0.29, 0.717) is 11.8 Å². The molecule has 0 spiro atoms. The largest absolute Gasteiger partial charge is 0.317 e. The van der Waals surface area contributed by atoms with Crippen molar-refractivity contribution in [1.29, 1.82) is 0 Å². The number of nitrogens with zero attached hydrogens (tertiary/aromatic N) is 8.